The van der Waals surface area contributed by atoms with Crippen LogP contribution in [0.25, 0.3) is 11.1 Å². The summed E-state index contributed by atoms with van der Waals surface area (Å²) < 4.78 is 5.69. The third-order valence-electron chi connectivity index (χ3n) is 4.44. The molecule has 0 aliphatic carbocycles. The van der Waals surface area contributed by atoms with Crippen molar-refractivity contribution in [3.8, 4) is 17.2 Å². The average molecular weight is 306 g/mol. The van der Waals surface area contributed by atoms with Crippen molar-refractivity contribution in [1.29, 1.82) is 5.26 Å². The molecule has 1 aliphatic rings. The zero-order valence-corrected chi connectivity index (χ0v) is 13.7. The van der Waals surface area contributed by atoms with E-state index in [1.165, 1.54) is 5.56 Å². The molecule has 0 bridgehead atoms. The molecule has 0 N–H and O–H groups in total. The highest BCUT2D eigenvalue weighted by Crippen LogP contribution is 2.24. The highest BCUT2D eigenvalue weighted by Gasteiger charge is 2.23. The van der Waals surface area contributed by atoms with Crippen LogP contribution >= 0.6 is 0 Å². The van der Waals surface area contributed by atoms with Crippen LogP contribution in [-0.4, -0.2) is 30.2 Å². The molecule has 1 heterocycles. The van der Waals surface area contributed by atoms with Gasteiger partial charge in [-0.3, -0.25) is 4.90 Å². The minimum atomic E-state index is 0.299. The molecule has 0 saturated carbocycles. The smallest absolute Gasteiger partial charge is 0.0998 e. The van der Waals surface area contributed by atoms with Gasteiger partial charge in [0.2, 0.25) is 0 Å². The maximum absolute atomic E-state index is 9.24. The molecule has 3 nitrogen and oxygen atoms in total. The summed E-state index contributed by atoms with van der Waals surface area (Å²) in [6.07, 6.45) is 0.299. The Morgan fingerprint density at radius 3 is 2.61 bits per heavy atom. The molecule has 0 unspecified atom stereocenters. The van der Waals surface area contributed by atoms with Crippen LogP contribution in [0.3, 0.4) is 0 Å². The first kappa shape index (κ1) is 15.7. The Balaban J connectivity index is 1.76. The summed E-state index contributed by atoms with van der Waals surface area (Å²) in [6.45, 7) is 7.05. The zero-order valence-electron chi connectivity index (χ0n) is 13.7. The summed E-state index contributed by atoms with van der Waals surface area (Å²) >= 11 is 0. The SMILES string of the molecule is C[C@@H]1CN(Cc2ccc(-c3ccccc3C#N)cc2)[C@H](C)CO1. The Bertz CT molecular complexity index is 702. The molecule has 0 radical (unpaired) electrons. The van der Waals surface area contributed by atoms with Gasteiger partial charge in [0.25, 0.3) is 0 Å². The fraction of sp³-hybridized carbons (Fsp3) is 0.350. The number of nitrogens with zero attached hydrogens (tertiary/aromatic N) is 2. The number of benzene rings is 2. The van der Waals surface area contributed by atoms with Gasteiger partial charge in [-0.05, 0) is 36.6 Å². The largest absolute Gasteiger partial charge is 0.376 e. The molecule has 3 rings (SSSR count). The lowest BCUT2D eigenvalue weighted by atomic mass is 9.99. The van der Waals surface area contributed by atoms with Crippen LogP contribution in [0.1, 0.15) is 25.0 Å². The molecule has 1 fully saturated rings. The van der Waals surface area contributed by atoms with Gasteiger partial charge in [-0.2, -0.15) is 5.26 Å². The van der Waals surface area contributed by atoms with Crippen LogP contribution in [-0.2, 0) is 11.3 Å². The first-order chi connectivity index (χ1) is 11.2. The molecule has 0 amide bonds. The van der Waals surface area contributed by atoms with Crippen LogP contribution in [0.15, 0.2) is 48.5 Å². The number of nitriles is 1. The maximum atomic E-state index is 9.24. The van der Waals surface area contributed by atoms with Crippen molar-refractivity contribution in [1.82, 2.24) is 4.90 Å². The molecule has 0 aromatic heterocycles. The Morgan fingerprint density at radius 2 is 1.87 bits per heavy atom. The van der Waals surface area contributed by atoms with Gasteiger partial charge in [-0.1, -0.05) is 42.5 Å². The maximum Gasteiger partial charge on any atom is 0.0998 e. The van der Waals surface area contributed by atoms with Gasteiger partial charge >= 0.3 is 0 Å². The number of morpholine rings is 1. The van der Waals surface area contributed by atoms with Crippen molar-refractivity contribution < 1.29 is 4.74 Å². The molecule has 23 heavy (non-hydrogen) atoms. The van der Waals surface area contributed by atoms with Crippen LogP contribution < -0.4 is 0 Å². The molecule has 2 aromatic carbocycles. The monoisotopic (exact) mass is 306 g/mol. The number of ether oxygens (including phenoxy) is 1. The van der Waals surface area contributed by atoms with Crippen molar-refractivity contribution >= 4 is 0 Å². The van der Waals surface area contributed by atoms with E-state index < -0.39 is 0 Å². The van der Waals surface area contributed by atoms with Crippen LogP contribution in [0.2, 0.25) is 0 Å². The first-order valence-electron chi connectivity index (χ1n) is 8.11. The van der Waals surface area contributed by atoms with Crippen molar-refractivity contribution in [3.05, 3.63) is 59.7 Å². The molecular weight excluding hydrogens is 284 g/mol. The Hall–Kier alpha value is -2.15. The van der Waals surface area contributed by atoms with Crippen LogP contribution in [0, 0.1) is 11.3 Å². The van der Waals surface area contributed by atoms with Crippen molar-refractivity contribution in [2.75, 3.05) is 13.2 Å². The van der Waals surface area contributed by atoms with E-state index >= 15 is 0 Å². The third kappa shape index (κ3) is 3.61. The Morgan fingerprint density at radius 1 is 1.13 bits per heavy atom. The minimum Gasteiger partial charge on any atom is -0.376 e. The highest BCUT2D eigenvalue weighted by molar-refractivity contribution is 5.70. The normalized spacial score (nSPS) is 21.8. The summed E-state index contributed by atoms with van der Waals surface area (Å²) in [7, 11) is 0. The van der Waals surface area contributed by atoms with Gasteiger partial charge in [0.1, 0.15) is 0 Å². The van der Waals surface area contributed by atoms with Crippen molar-refractivity contribution in [3.63, 3.8) is 0 Å². The van der Waals surface area contributed by atoms with Crippen molar-refractivity contribution in [2.24, 2.45) is 0 Å². The van der Waals surface area contributed by atoms with E-state index in [1.807, 2.05) is 24.3 Å². The second-order valence-corrected chi connectivity index (χ2v) is 6.28. The van der Waals surface area contributed by atoms with E-state index in [-0.39, 0.29) is 0 Å². The second-order valence-electron chi connectivity index (χ2n) is 6.28. The summed E-state index contributed by atoms with van der Waals surface area (Å²) in [5.41, 5.74) is 4.10. The topological polar surface area (TPSA) is 36.3 Å². The second kappa shape index (κ2) is 6.95. The van der Waals surface area contributed by atoms with E-state index in [0.29, 0.717) is 12.1 Å². The van der Waals surface area contributed by atoms with E-state index in [9.17, 15) is 5.26 Å². The number of hydrogen-bond acceptors (Lipinski definition) is 3. The van der Waals surface area contributed by atoms with Crippen LogP contribution in [0.5, 0.6) is 0 Å². The van der Waals surface area contributed by atoms with Gasteiger partial charge in [0.05, 0.1) is 24.3 Å². The van der Waals surface area contributed by atoms with Crippen molar-refractivity contribution in [2.45, 2.75) is 32.5 Å². The van der Waals surface area contributed by atoms with E-state index in [1.54, 1.807) is 0 Å². The van der Waals surface area contributed by atoms with E-state index in [4.69, 9.17) is 4.74 Å². The minimum absolute atomic E-state index is 0.299. The average Bonchev–Trinajstić information content (AvgIpc) is 2.59. The molecule has 1 saturated heterocycles. The fourth-order valence-corrected chi connectivity index (χ4v) is 3.05. The Labute approximate surface area is 138 Å². The standard InChI is InChI=1S/C20H22N2O/c1-15-14-23-16(2)12-22(15)13-17-7-9-18(10-8-17)20-6-4-3-5-19(20)11-21/h3-10,15-16H,12-14H2,1-2H3/t15-,16-/m1/s1. The Kier molecular flexibility index (Phi) is 4.76. The van der Waals surface area contributed by atoms with Gasteiger partial charge < -0.3 is 4.74 Å². The molecule has 0 spiro atoms. The molecular formula is C20H22N2O. The molecule has 2 aromatic rings. The fourth-order valence-electron chi connectivity index (χ4n) is 3.05. The molecule has 3 heteroatoms. The van der Waals surface area contributed by atoms with Gasteiger partial charge in [0, 0.05) is 19.1 Å². The lowest BCUT2D eigenvalue weighted by Gasteiger charge is -2.36. The van der Waals surface area contributed by atoms with Gasteiger partial charge in [-0.25, -0.2) is 0 Å². The lowest BCUT2D eigenvalue weighted by molar-refractivity contribution is -0.0526. The van der Waals surface area contributed by atoms with Crippen LogP contribution in [0.4, 0.5) is 0 Å². The third-order valence-corrected chi connectivity index (χ3v) is 4.44. The van der Waals surface area contributed by atoms with E-state index in [2.05, 4.69) is 49.1 Å². The van der Waals surface area contributed by atoms with Gasteiger partial charge in [0.15, 0.2) is 0 Å². The predicted molar refractivity (Wildman–Crippen MR) is 91.9 cm³/mol. The summed E-state index contributed by atoms with van der Waals surface area (Å²) in [5, 5.41) is 9.24. The molecule has 118 valence electrons. The quantitative estimate of drug-likeness (QED) is 0.864. The highest BCUT2D eigenvalue weighted by atomic mass is 16.5. The predicted octanol–water partition coefficient (Wildman–Crippen LogP) is 3.83. The first-order valence-corrected chi connectivity index (χ1v) is 8.11. The lowest BCUT2D eigenvalue weighted by Crippen LogP contribution is -2.46. The zero-order chi connectivity index (χ0) is 16.2. The molecule has 2 atom stereocenters. The summed E-state index contributed by atoms with van der Waals surface area (Å²) in [5.74, 6) is 0. The summed E-state index contributed by atoms with van der Waals surface area (Å²) in [6, 6.07) is 19.0. The summed E-state index contributed by atoms with van der Waals surface area (Å²) in [4.78, 5) is 2.46. The van der Waals surface area contributed by atoms with E-state index in [0.717, 1.165) is 36.4 Å². The number of rotatable bonds is 3. The number of hydrogen-bond donors (Lipinski definition) is 0. The van der Waals surface area contributed by atoms with Gasteiger partial charge in [-0.15, -0.1) is 0 Å². The molecule has 1 aliphatic heterocycles.